The third-order valence-corrected chi connectivity index (χ3v) is 4.33. The Morgan fingerprint density at radius 2 is 1.89 bits per heavy atom. The molecule has 0 spiro atoms. The second kappa shape index (κ2) is 8.88. The highest BCUT2D eigenvalue weighted by atomic mass is 19.1. The number of benzene rings is 2. The summed E-state index contributed by atoms with van der Waals surface area (Å²) in [6.45, 7) is -0.0888. The molecule has 0 saturated heterocycles. The van der Waals surface area contributed by atoms with Crippen LogP contribution in [0.25, 0.3) is 0 Å². The minimum Gasteiger partial charge on any atom is -0.390 e. The Morgan fingerprint density at radius 3 is 2.57 bits per heavy atom. The van der Waals surface area contributed by atoms with E-state index < -0.39 is 17.7 Å². The molecule has 28 heavy (non-hydrogen) atoms. The van der Waals surface area contributed by atoms with Gasteiger partial charge in [0, 0.05) is 31.7 Å². The molecule has 1 aliphatic rings. The molecule has 1 atom stereocenters. The van der Waals surface area contributed by atoms with Gasteiger partial charge in [-0.3, -0.25) is 4.79 Å². The molecule has 0 saturated carbocycles. The van der Waals surface area contributed by atoms with Gasteiger partial charge in [-0.2, -0.15) is 0 Å². The average Bonchev–Trinajstić information content (AvgIpc) is 3.12. The first kappa shape index (κ1) is 19.9. The van der Waals surface area contributed by atoms with Crippen molar-refractivity contribution in [3.63, 3.8) is 0 Å². The van der Waals surface area contributed by atoms with E-state index in [4.69, 9.17) is 9.57 Å². The average molecular weight is 392 g/mol. The lowest BCUT2D eigenvalue weighted by Gasteiger charge is -2.25. The number of amides is 1. The van der Waals surface area contributed by atoms with Crippen LogP contribution in [0.2, 0.25) is 0 Å². The van der Waals surface area contributed by atoms with E-state index in [2.05, 4.69) is 5.16 Å². The minimum atomic E-state index is -0.731. The van der Waals surface area contributed by atoms with Gasteiger partial charge in [0.1, 0.15) is 24.1 Å². The highest BCUT2D eigenvalue weighted by Crippen LogP contribution is 2.20. The molecule has 0 aliphatic carbocycles. The summed E-state index contributed by atoms with van der Waals surface area (Å²) in [6.07, 6.45) is -0.0294. The van der Waals surface area contributed by atoms with E-state index in [0.29, 0.717) is 12.1 Å². The maximum absolute atomic E-state index is 14.0. The lowest BCUT2D eigenvalue weighted by Crippen LogP contribution is -2.39. The number of nitrogens with zero attached hydrogens (tertiary/aromatic N) is 2. The van der Waals surface area contributed by atoms with E-state index in [-0.39, 0.29) is 37.0 Å². The molecule has 1 heterocycles. The number of carbonyl (C=O) groups is 1. The number of hydrogen-bond donors (Lipinski definition) is 0. The monoisotopic (exact) mass is 392 g/mol. The second-order valence-electron chi connectivity index (χ2n) is 6.42. The van der Waals surface area contributed by atoms with Gasteiger partial charge in [0.15, 0.2) is 6.10 Å². The molecule has 8 heteroatoms. The maximum atomic E-state index is 14.0. The fraction of sp³-hybridized carbons (Fsp3) is 0.300. The maximum Gasteiger partial charge on any atom is 0.248 e. The number of methoxy groups -OCH3 is 1. The highest BCUT2D eigenvalue weighted by Gasteiger charge is 2.27. The zero-order valence-electron chi connectivity index (χ0n) is 15.2. The van der Waals surface area contributed by atoms with Crippen molar-refractivity contribution >= 4 is 11.6 Å². The minimum absolute atomic E-state index is 0.0555. The molecule has 0 bridgehead atoms. The Bertz CT molecular complexity index is 871. The van der Waals surface area contributed by atoms with Crippen molar-refractivity contribution in [2.45, 2.75) is 19.1 Å². The lowest BCUT2D eigenvalue weighted by atomic mass is 10.0. The van der Waals surface area contributed by atoms with Crippen molar-refractivity contribution in [2.75, 3.05) is 20.3 Å². The van der Waals surface area contributed by atoms with Gasteiger partial charge in [-0.25, -0.2) is 13.2 Å². The molecule has 0 N–H and O–H groups in total. The van der Waals surface area contributed by atoms with Crippen molar-refractivity contribution in [3.8, 4) is 0 Å². The van der Waals surface area contributed by atoms with E-state index >= 15 is 0 Å². The third kappa shape index (κ3) is 4.89. The summed E-state index contributed by atoms with van der Waals surface area (Å²) < 4.78 is 45.1. The molecule has 0 radical (unpaired) electrons. The van der Waals surface area contributed by atoms with Crippen LogP contribution in [0.4, 0.5) is 13.2 Å². The van der Waals surface area contributed by atoms with Crippen LogP contribution in [-0.4, -0.2) is 42.9 Å². The third-order valence-electron chi connectivity index (χ3n) is 4.33. The quantitative estimate of drug-likeness (QED) is 0.727. The number of ether oxygens (including phenoxy) is 1. The van der Waals surface area contributed by atoms with Crippen LogP contribution in [0.1, 0.15) is 17.5 Å². The molecule has 0 aromatic heterocycles. The van der Waals surface area contributed by atoms with Gasteiger partial charge in [-0.1, -0.05) is 23.4 Å². The number of hydrogen-bond acceptors (Lipinski definition) is 4. The Balaban J connectivity index is 1.68. The Kier molecular flexibility index (Phi) is 6.30. The predicted molar refractivity (Wildman–Crippen MR) is 96.1 cm³/mol. The van der Waals surface area contributed by atoms with Gasteiger partial charge < -0.3 is 14.5 Å². The first-order valence-electron chi connectivity index (χ1n) is 8.65. The highest BCUT2D eigenvalue weighted by molar-refractivity contribution is 6.01. The number of oxime groups is 1. The summed E-state index contributed by atoms with van der Waals surface area (Å²) in [6, 6.07) is 9.07. The summed E-state index contributed by atoms with van der Waals surface area (Å²) in [7, 11) is 1.39. The van der Waals surface area contributed by atoms with Gasteiger partial charge >= 0.3 is 0 Å². The van der Waals surface area contributed by atoms with E-state index in [1.54, 1.807) is 12.1 Å². The normalized spacial score (nSPS) is 15.9. The van der Waals surface area contributed by atoms with Crippen LogP contribution in [0.15, 0.2) is 47.6 Å². The summed E-state index contributed by atoms with van der Waals surface area (Å²) in [5.74, 6) is -2.12. The summed E-state index contributed by atoms with van der Waals surface area (Å²) in [5.41, 5.74) is 1.55. The summed E-state index contributed by atoms with van der Waals surface area (Å²) >= 11 is 0. The number of carbonyl (C=O) groups excluding carboxylic acids is 1. The Morgan fingerprint density at radius 1 is 1.18 bits per heavy atom. The SMILES string of the molecule is COCC(=O)N(Cc1ccc(F)cc1F)CC1CC(c2ccc(F)cc2)=NO1. The van der Waals surface area contributed by atoms with Crippen LogP contribution in [0, 0.1) is 17.5 Å². The van der Waals surface area contributed by atoms with Crippen molar-refractivity contribution in [2.24, 2.45) is 5.16 Å². The summed E-state index contributed by atoms with van der Waals surface area (Å²) in [4.78, 5) is 19.2. The van der Waals surface area contributed by atoms with Crippen LogP contribution >= 0.6 is 0 Å². The standard InChI is InChI=1S/C20H19F3N2O3/c1-27-12-20(26)25(10-14-4-7-16(22)8-18(14)23)11-17-9-19(24-28-17)13-2-5-15(21)6-3-13/h2-8,17H,9-12H2,1H3. The molecule has 0 fully saturated rings. The molecule has 2 aromatic carbocycles. The van der Waals surface area contributed by atoms with Crippen LogP contribution in [-0.2, 0) is 20.9 Å². The predicted octanol–water partition coefficient (Wildman–Crippen LogP) is 3.27. The van der Waals surface area contributed by atoms with Gasteiger partial charge in [-0.05, 0) is 23.8 Å². The molecule has 1 aliphatic heterocycles. The van der Waals surface area contributed by atoms with E-state index in [9.17, 15) is 18.0 Å². The number of rotatable bonds is 7. The summed E-state index contributed by atoms with van der Waals surface area (Å²) in [5, 5.41) is 4.01. The zero-order valence-corrected chi connectivity index (χ0v) is 15.2. The fourth-order valence-corrected chi connectivity index (χ4v) is 2.91. The van der Waals surface area contributed by atoms with Gasteiger partial charge in [0.2, 0.25) is 5.91 Å². The van der Waals surface area contributed by atoms with Gasteiger partial charge in [0.25, 0.3) is 0 Å². The molecule has 2 aromatic rings. The Hall–Kier alpha value is -2.87. The topological polar surface area (TPSA) is 51.1 Å². The molecule has 3 rings (SSSR count). The largest absolute Gasteiger partial charge is 0.390 e. The molecule has 148 valence electrons. The molecule has 1 unspecified atom stereocenters. The van der Waals surface area contributed by atoms with Crippen molar-refractivity contribution in [3.05, 3.63) is 71.0 Å². The Labute approximate surface area is 160 Å². The smallest absolute Gasteiger partial charge is 0.248 e. The van der Waals surface area contributed by atoms with E-state index in [1.165, 1.54) is 30.2 Å². The second-order valence-corrected chi connectivity index (χ2v) is 6.42. The fourth-order valence-electron chi connectivity index (χ4n) is 2.91. The van der Waals surface area contributed by atoms with Crippen LogP contribution in [0.5, 0.6) is 0 Å². The van der Waals surface area contributed by atoms with Crippen molar-refractivity contribution in [1.82, 2.24) is 4.90 Å². The molecular weight excluding hydrogens is 373 g/mol. The zero-order chi connectivity index (χ0) is 20.1. The first-order chi connectivity index (χ1) is 13.5. The van der Waals surface area contributed by atoms with E-state index in [0.717, 1.165) is 17.7 Å². The molecule has 5 nitrogen and oxygen atoms in total. The van der Waals surface area contributed by atoms with Crippen LogP contribution in [0.3, 0.4) is 0 Å². The molecule has 1 amide bonds. The first-order valence-corrected chi connectivity index (χ1v) is 8.65. The van der Waals surface area contributed by atoms with Gasteiger partial charge in [0.05, 0.1) is 12.3 Å². The number of halogens is 3. The van der Waals surface area contributed by atoms with E-state index in [1.807, 2.05) is 0 Å². The van der Waals surface area contributed by atoms with Crippen molar-refractivity contribution < 1.29 is 27.5 Å². The molecular formula is C20H19F3N2O3. The van der Waals surface area contributed by atoms with Gasteiger partial charge in [-0.15, -0.1) is 0 Å². The lowest BCUT2D eigenvalue weighted by molar-refractivity contribution is -0.137. The van der Waals surface area contributed by atoms with Crippen LogP contribution < -0.4 is 0 Å². The van der Waals surface area contributed by atoms with Crippen molar-refractivity contribution in [1.29, 1.82) is 0 Å².